The summed E-state index contributed by atoms with van der Waals surface area (Å²) in [6.07, 6.45) is 4.42. The van der Waals surface area contributed by atoms with E-state index in [-0.39, 0.29) is 5.91 Å². The summed E-state index contributed by atoms with van der Waals surface area (Å²) < 4.78 is 0. The number of aliphatic hydroxyl groups is 1. The van der Waals surface area contributed by atoms with Crippen molar-refractivity contribution in [2.45, 2.75) is 43.6 Å². The van der Waals surface area contributed by atoms with Gasteiger partial charge >= 0.3 is 5.97 Å². The van der Waals surface area contributed by atoms with Gasteiger partial charge in [-0.25, -0.2) is 4.79 Å². The van der Waals surface area contributed by atoms with Gasteiger partial charge in [0.15, 0.2) is 0 Å². The number of amides is 1. The highest BCUT2D eigenvalue weighted by Crippen LogP contribution is 2.65. The van der Waals surface area contributed by atoms with Crippen LogP contribution in [0.25, 0.3) is 11.1 Å². The molecule has 2 aromatic rings. The topological polar surface area (TPSA) is 77.8 Å². The molecule has 5 heteroatoms. The highest BCUT2D eigenvalue weighted by molar-refractivity contribution is 5.88. The predicted molar refractivity (Wildman–Crippen MR) is 109 cm³/mol. The van der Waals surface area contributed by atoms with Gasteiger partial charge in [0.2, 0.25) is 0 Å². The molecule has 3 aliphatic rings. The van der Waals surface area contributed by atoms with Crippen molar-refractivity contribution < 1.29 is 19.8 Å². The Labute approximate surface area is 170 Å². The van der Waals surface area contributed by atoms with Crippen LogP contribution in [0, 0.1) is 5.41 Å². The van der Waals surface area contributed by atoms with Gasteiger partial charge in [-0.05, 0) is 72.3 Å². The molecule has 0 bridgehead atoms. The smallest absolute Gasteiger partial charge is 0.335 e. The van der Waals surface area contributed by atoms with E-state index in [1.807, 2.05) is 17.0 Å². The van der Waals surface area contributed by atoms with Crippen molar-refractivity contribution in [3.05, 3.63) is 59.7 Å². The van der Waals surface area contributed by atoms with Crippen LogP contribution in [0.3, 0.4) is 0 Å². The maximum Gasteiger partial charge on any atom is 0.335 e. The molecule has 150 valence electrons. The van der Waals surface area contributed by atoms with Crippen LogP contribution in [0.5, 0.6) is 0 Å². The Bertz CT molecular complexity index is 951. The summed E-state index contributed by atoms with van der Waals surface area (Å²) in [6, 6.07) is 15.5. The van der Waals surface area contributed by atoms with Gasteiger partial charge in [0.05, 0.1) is 5.56 Å². The lowest BCUT2D eigenvalue weighted by Gasteiger charge is -2.34. The number of hydrogen-bond donors (Lipinski definition) is 2. The minimum atomic E-state index is -1.05. The molecule has 5 rings (SSSR count). The Balaban J connectivity index is 1.23. The van der Waals surface area contributed by atoms with Crippen LogP contribution in [0.1, 0.15) is 53.9 Å². The van der Waals surface area contributed by atoms with Gasteiger partial charge in [0, 0.05) is 13.1 Å². The molecule has 2 aliphatic carbocycles. The van der Waals surface area contributed by atoms with E-state index in [1.165, 1.54) is 12.0 Å². The third kappa shape index (κ3) is 3.23. The maximum absolute atomic E-state index is 12.3. The number of aromatic carboxylic acids is 1. The Kier molecular flexibility index (Phi) is 4.07. The van der Waals surface area contributed by atoms with Crippen molar-refractivity contribution in [1.82, 2.24) is 4.90 Å². The molecule has 2 aromatic carbocycles. The summed E-state index contributed by atoms with van der Waals surface area (Å²) in [6.45, 7) is 1.51. The zero-order valence-electron chi connectivity index (χ0n) is 16.3. The van der Waals surface area contributed by atoms with Crippen molar-refractivity contribution in [3.8, 4) is 11.1 Å². The minimum Gasteiger partial charge on any atom is -0.478 e. The summed E-state index contributed by atoms with van der Waals surface area (Å²) >= 11 is 0. The van der Waals surface area contributed by atoms with E-state index in [0.29, 0.717) is 29.7 Å². The first-order chi connectivity index (χ1) is 13.9. The van der Waals surface area contributed by atoms with E-state index in [0.717, 1.165) is 37.1 Å². The first-order valence-corrected chi connectivity index (χ1v) is 10.4. The molecule has 0 aromatic heterocycles. The maximum atomic E-state index is 12.3. The summed E-state index contributed by atoms with van der Waals surface area (Å²) in [5.41, 5.74) is 3.00. The van der Waals surface area contributed by atoms with Crippen molar-refractivity contribution >= 4 is 11.9 Å². The van der Waals surface area contributed by atoms with E-state index >= 15 is 0 Å². The number of carbonyl (C=O) groups excluding carboxylic acids is 1. The number of carboxylic acids is 1. The fraction of sp³-hybridized carbons (Fsp3) is 0.417. The molecule has 1 saturated heterocycles. The molecule has 0 unspecified atom stereocenters. The molecule has 5 nitrogen and oxygen atoms in total. The Morgan fingerprint density at radius 2 is 1.41 bits per heavy atom. The summed E-state index contributed by atoms with van der Waals surface area (Å²) in [5, 5.41) is 19.1. The van der Waals surface area contributed by atoms with Crippen LogP contribution in [-0.4, -0.2) is 45.7 Å². The van der Waals surface area contributed by atoms with Crippen LogP contribution in [-0.2, 0) is 4.79 Å². The third-order valence-corrected chi connectivity index (χ3v) is 7.14. The lowest BCUT2D eigenvalue weighted by Crippen LogP contribution is -2.45. The van der Waals surface area contributed by atoms with E-state index in [1.54, 1.807) is 12.1 Å². The number of piperidine rings is 1. The first kappa shape index (κ1) is 18.4. The lowest BCUT2D eigenvalue weighted by molar-refractivity contribution is -0.144. The fourth-order valence-electron chi connectivity index (χ4n) is 4.87. The van der Waals surface area contributed by atoms with Gasteiger partial charge < -0.3 is 15.1 Å². The molecule has 2 saturated carbocycles. The van der Waals surface area contributed by atoms with Gasteiger partial charge in [0.1, 0.15) is 5.60 Å². The second kappa shape index (κ2) is 6.42. The highest BCUT2D eigenvalue weighted by atomic mass is 16.4. The predicted octanol–water partition coefficient (Wildman–Crippen LogP) is 3.67. The highest BCUT2D eigenvalue weighted by Gasteiger charge is 2.57. The van der Waals surface area contributed by atoms with E-state index in [9.17, 15) is 14.7 Å². The first-order valence-electron chi connectivity index (χ1n) is 10.4. The zero-order valence-corrected chi connectivity index (χ0v) is 16.3. The number of rotatable bonds is 4. The van der Waals surface area contributed by atoms with Crippen molar-refractivity contribution in [3.63, 3.8) is 0 Å². The van der Waals surface area contributed by atoms with E-state index in [4.69, 9.17) is 5.11 Å². The van der Waals surface area contributed by atoms with Crippen molar-refractivity contribution in [1.29, 1.82) is 0 Å². The molecular weight excluding hydrogens is 366 g/mol. The van der Waals surface area contributed by atoms with Gasteiger partial charge in [-0.3, -0.25) is 4.79 Å². The quantitative estimate of drug-likeness (QED) is 0.834. The van der Waals surface area contributed by atoms with Crippen LogP contribution < -0.4 is 0 Å². The molecule has 1 spiro atoms. The second-order valence-corrected chi connectivity index (χ2v) is 8.95. The van der Waals surface area contributed by atoms with Gasteiger partial charge in [-0.1, -0.05) is 36.4 Å². The number of carboxylic acid groups (broad SMARTS) is 1. The minimum absolute atomic E-state index is 0.0668. The Hall–Kier alpha value is -2.66. The molecule has 3 fully saturated rings. The van der Waals surface area contributed by atoms with E-state index in [2.05, 4.69) is 24.3 Å². The summed E-state index contributed by atoms with van der Waals surface area (Å²) in [5.74, 6) is -0.431. The standard InChI is InChI=1S/C24H25NO4/c26-21(27)19-7-3-17(4-8-19)16-1-5-18(6-2-16)20-15-23(20)11-13-25(14-12-23)22(28)24(29)9-10-24/h1-8,20,29H,9-15H2,(H,26,27)/t20-/m1/s1. The fourth-order valence-corrected chi connectivity index (χ4v) is 4.87. The van der Waals surface area contributed by atoms with Crippen LogP contribution in [0.4, 0.5) is 0 Å². The van der Waals surface area contributed by atoms with Crippen molar-refractivity contribution in [2.75, 3.05) is 13.1 Å². The molecule has 0 radical (unpaired) electrons. The molecule has 1 aliphatic heterocycles. The molecule has 2 N–H and O–H groups in total. The normalized spacial score (nSPS) is 23.6. The van der Waals surface area contributed by atoms with E-state index < -0.39 is 11.6 Å². The van der Waals surface area contributed by atoms with Gasteiger partial charge in [-0.15, -0.1) is 0 Å². The number of benzene rings is 2. The second-order valence-electron chi connectivity index (χ2n) is 8.95. The molecular formula is C24H25NO4. The summed E-state index contributed by atoms with van der Waals surface area (Å²) in [4.78, 5) is 25.2. The monoisotopic (exact) mass is 391 g/mol. The average Bonchev–Trinajstić information content (AvgIpc) is 3.66. The van der Waals surface area contributed by atoms with Crippen LogP contribution in [0.15, 0.2) is 48.5 Å². The number of nitrogens with zero attached hydrogens (tertiary/aromatic N) is 1. The third-order valence-electron chi connectivity index (χ3n) is 7.14. The van der Waals surface area contributed by atoms with Gasteiger partial charge in [-0.2, -0.15) is 0 Å². The lowest BCUT2D eigenvalue weighted by atomic mass is 9.88. The van der Waals surface area contributed by atoms with Gasteiger partial charge in [0.25, 0.3) is 5.91 Å². The van der Waals surface area contributed by atoms with Crippen LogP contribution >= 0.6 is 0 Å². The van der Waals surface area contributed by atoms with Crippen molar-refractivity contribution in [2.24, 2.45) is 5.41 Å². The zero-order chi connectivity index (χ0) is 20.2. The largest absolute Gasteiger partial charge is 0.478 e. The number of carbonyl (C=O) groups is 2. The number of hydrogen-bond acceptors (Lipinski definition) is 3. The number of likely N-dealkylation sites (tertiary alicyclic amines) is 1. The SMILES string of the molecule is O=C(O)c1ccc(-c2ccc([C@H]3CC34CCN(C(=O)C3(O)CC3)CC4)cc2)cc1. The Morgan fingerprint density at radius 3 is 1.93 bits per heavy atom. The molecule has 1 atom stereocenters. The summed E-state index contributed by atoms with van der Waals surface area (Å²) in [7, 11) is 0. The Morgan fingerprint density at radius 1 is 0.862 bits per heavy atom. The molecule has 1 amide bonds. The molecule has 1 heterocycles. The average molecular weight is 391 g/mol. The molecule has 29 heavy (non-hydrogen) atoms. The van der Waals surface area contributed by atoms with Crippen LogP contribution in [0.2, 0.25) is 0 Å².